The van der Waals surface area contributed by atoms with Crippen LogP contribution in [0.1, 0.15) is 21.7 Å². The predicted octanol–water partition coefficient (Wildman–Crippen LogP) is 2.13. The molecule has 2 aromatic rings. The summed E-state index contributed by atoms with van der Waals surface area (Å²) in [5, 5.41) is 3.92. The highest BCUT2D eigenvalue weighted by Crippen LogP contribution is 2.21. The molecule has 0 saturated heterocycles. The number of carbonyl (C=O) groups excluding carboxylic acids is 1. The number of amides is 1. The zero-order chi connectivity index (χ0) is 16.6. The van der Waals surface area contributed by atoms with E-state index < -0.39 is 15.9 Å². The summed E-state index contributed by atoms with van der Waals surface area (Å²) < 4.78 is 24.9. The number of rotatable bonds is 3. The van der Waals surface area contributed by atoms with Gasteiger partial charge in [-0.1, -0.05) is 18.2 Å². The number of hydrogen-bond donors (Lipinski definition) is 1. The Morgan fingerprint density at radius 1 is 1.22 bits per heavy atom. The van der Waals surface area contributed by atoms with Gasteiger partial charge in [-0.3, -0.25) is 4.79 Å². The molecule has 1 N–H and O–H groups in total. The van der Waals surface area contributed by atoms with Crippen LogP contribution in [-0.2, 0) is 9.84 Å². The van der Waals surface area contributed by atoms with E-state index in [1.807, 2.05) is 54.8 Å². The van der Waals surface area contributed by atoms with Gasteiger partial charge in [0.05, 0.1) is 17.4 Å². The third-order valence-electron chi connectivity index (χ3n) is 3.94. The Bertz CT molecular complexity index is 880. The lowest BCUT2D eigenvalue weighted by Crippen LogP contribution is -2.35. The molecule has 23 heavy (non-hydrogen) atoms. The van der Waals surface area contributed by atoms with Crippen molar-refractivity contribution in [2.45, 2.75) is 19.9 Å². The minimum Gasteiger partial charge on any atom is -0.345 e. The Morgan fingerprint density at radius 3 is 2.52 bits per heavy atom. The Kier molecular flexibility index (Phi) is 3.85. The Morgan fingerprint density at radius 2 is 1.91 bits per heavy atom. The second-order valence-electron chi connectivity index (χ2n) is 5.69. The van der Waals surface area contributed by atoms with Crippen LogP contribution in [0.3, 0.4) is 0 Å². The van der Waals surface area contributed by atoms with Gasteiger partial charge in [0.2, 0.25) is 0 Å². The third-order valence-corrected chi connectivity index (χ3v) is 5.33. The SMILES string of the molecule is Cc1cc(C(=O)N[C@H]2C=CS(=O)(=O)C2)c(C)n1-c1ccccc1. The average molecular weight is 330 g/mol. The Hall–Kier alpha value is -2.34. The normalized spacial score (nSPS) is 19.0. The number of carbonyl (C=O) groups is 1. The monoisotopic (exact) mass is 330 g/mol. The maximum Gasteiger partial charge on any atom is 0.253 e. The number of nitrogens with one attached hydrogen (secondary N) is 1. The van der Waals surface area contributed by atoms with Crippen LogP contribution < -0.4 is 5.32 Å². The first-order chi connectivity index (χ1) is 10.9. The van der Waals surface area contributed by atoms with Crippen molar-refractivity contribution >= 4 is 15.7 Å². The van der Waals surface area contributed by atoms with E-state index in [1.165, 1.54) is 6.08 Å². The van der Waals surface area contributed by atoms with Crippen LogP contribution in [0.5, 0.6) is 0 Å². The molecule has 2 heterocycles. The molecule has 6 heteroatoms. The zero-order valence-corrected chi connectivity index (χ0v) is 13.8. The molecular formula is C17H18N2O3S. The van der Waals surface area contributed by atoms with Crippen molar-refractivity contribution in [1.82, 2.24) is 9.88 Å². The molecule has 0 unspecified atom stereocenters. The number of nitrogens with zero attached hydrogens (tertiary/aromatic N) is 1. The second kappa shape index (κ2) is 5.70. The van der Waals surface area contributed by atoms with Crippen LogP contribution >= 0.6 is 0 Å². The van der Waals surface area contributed by atoms with Gasteiger partial charge in [-0.15, -0.1) is 0 Å². The fourth-order valence-corrected chi connectivity index (χ4v) is 4.11. The number of aromatic nitrogens is 1. The largest absolute Gasteiger partial charge is 0.345 e. The van der Waals surface area contributed by atoms with Crippen molar-refractivity contribution in [3.8, 4) is 5.69 Å². The van der Waals surface area contributed by atoms with Gasteiger partial charge in [-0.25, -0.2) is 8.42 Å². The highest BCUT2D eigenvalue weighted by Gasteiger charge is 2.25. The van der Waals surface area contributed by atoms with Crippen molar-refractivity contribution < 1.29 is 13.2 Å². The summed E-state index contributed by atoms with van der Waals surface area (Å²) in [4.78, 5) is 12.5. The number of aryl methyl sites for hydroxylation is 1. The van der Waals surface area contributed by atoms with E-state index in [1.54, 1.807) is 0 Å². The number of hydrogen-bond acceptors (Lipinski definition) is 3. The van der Waals surface area contributed by atoms with Crippen LogP contribution in [0.25, 0.3) is 5.69 Å². The van der Waals surface area contributed by atoms with E-state index in [-0.39, 0.29) is 11.7 Å². The highest BCUT2D eigenvalue weighted by atomic mass is 32.2. The standard InChI is InChI=1S/C17H18N2O3S/c1-12-10-16(13(2)19(12)15-6-4-3-5-7-15)17(20)18-14-8-9-23(21,22)11-14/h3-10,14H,11H2,1-2H3,(H,18,20)/t14-/m0/s1. The maximum absolute atomic E-state index is 12.5. The van der Waals surface area contributed by atoms with E-state index in [0.29, 0.717) is 5.56 Å². The van der Waals surface area contributed by atoms with Gasteiger partial charge in [-0.05, 0) is 38.1 Å². The van der Waals surface area contributed by atoms with Gasteiger partial charge in [0, 0.05) is 22.5 Å². The fourth-order valence-electron chi connectivity index (χ4n) is 2.88. The van der Waals surface area contributed by atoms with Crippen LogP contribution in [0.2, 0.25) is 0 Å². The zero-order valence-electron chi connectivity index (χ0n) is 13.0. The second-order valence-corrected chi connectivity index (χ2v) is 7.62. The van der Waals surface area contributed by atoms with Gasteiger partial charge in [0.1, 0.15) is 0 Å². The summed E-state index contributed by atoms with van der Waals surface area (Å²) in [6.07, 6.45) is 1.52. The lowest BCUT2D eigenvalue weighted by Gasteiger charge is -2.11. The molecule has 0 aliphatic carbocycles. The van der Waals surface area contributed by atoms with Gasteiger partial charge in [0.25, 0.3) is 5.91 Å². The average Bonchev–Trinajstić information content (AvgIpc) is 2.99. The van der Waals surface area contributed by atoms with Crippen molar-refractivity contribution in [3.05, 3.63) is 64.8 Å². The van der Waals surface area contributed by atoms with Gasteiger partial charge >= 0.3 is 0 Å². The lowest BCUT2D eigenvalue weighted by molar-refractivity contribution is 0.0947. The summed E-state index contributed by atoms with van der Waals surface area (Å²) in [5.74, 6) is -0.331. The summed E-state index contributed by atoms with van der Waals surface area (Å²) in [6.45, 7) is 3.83. The van der Waals surface area contributed by atoms with Crippen molar-refractivity contribution in [3.63, 3.8) is 0 Å². The first-order valence-corrected chi connectivity index (χ1v) is 9.05. The molecule has 0 radical (unpaired) electrons. The molecule has 1 aromatic heterocycles. The molecule has 1 atom stereocenters. The van der Waals surface area contributed by atoms with E-state index in [9.17, 15) is 13.2 Å². The van der Waals surface area contributed by atoms with Crippen molar-refractivity contribution in [1.29, 1.82) is 0 Å². The van der Waals surface area contributed by atoms with Crippen molar-refractivity contribution in [2.75, 3.05) is 5.75 Å². The Balaban J connectivity index is 1.87. The highest BCUT2D eigenvalue weighted by molar-refractivity contribution is 7.94. The summed E-state index contributed by atoms with van der Waals surface area (Å²) in [6, 6.07) is 11.2. The Labute approximate surface area is 135 Å². The fraction of sp³-hybridized carbons (Fsp3) is 0.235. The molecule has 0 fully saturated rings. The topological polar surface area (TPSA) is 68.2 Å². The van der Waals surface area contributed by atoms with Crippen LogP contribution in [0.15, 0.2) is 47.9 Å². The summed E-state index contributed by atoms with van der Waals surface area (Å²) >= 11 is 0. The van der Waals surface area contributed by atoms with E-state index in [2.05, 4.69) is 5.32 Å². The smallest absolute Gasteiger partial charge is 0.253 e. The first kappa shape index (κ1) is 15.6. The third kappa shape index (κ3) is 3.07. The molecule has 1 aromatic carbocycles. The molecule has 120 valence electrons. The number of benzene rings is 1. The minimum absolute atomic E-state index is 0.0733. The molecule has 1 aliphatic rings. The molecule has 0 bridgehead atoms. The maximum atomic E-state index is 12.5. The molecule has 1 aliphatic heterocycles. The van der Waals surface area contributed by atoms with Crippen molar-refractivity contribution in [2.24, 2.45) is 0 Å². The van der Waals surface area contributed by atoms with Gasteiger partial charge in [-0.2, -0.15) is 0 Å². The van der Waals surface area contributed by atoms with E-state index in [0.717, 1.165) is 22.5 Å². The van der Waals surface area contributed by atoms with Gasteiger partial charge < -0.3 is 9.88 Å². The van der Waals surface area contributed by atoms with E-state index in [4.69, 9.17) is 0 Å². The molecule has 0 saturated carbocycles. The predicted molar refractivity (Wildman–Crippen MR) is 89.4 cm³/mol. The first-order valence-electron chi connectivity index (χ1n) is 7.33. The van der Waals surface area contributed by atoms with Gasteiger partial charge in [0.15, 0.2) is 9.84 Å². The molecule has 1 amide bonds. The van der Waals surface area contributed by atoms with Crippen LogP contribution in [0.4, 0.5) is 0 Å². The molecule has 5 nitrogen and oxygen atoms in total. The van der Waals surface area contributed by atoms with E-state index >= 15 is 0 Å². The quantitative estimate of drug-likeness (QED) is 0.937. The summed E-state index contributed by atoms with van der Waals surface area (Å²) in [5.41, 5.74) is 3.33. The van der Waals surface area contributed by atoms with Crippen LogP contribution in [0, 0.1) is 13.8 Å². The summed E-state index contributed by atoms with van der Waals surface area (Å²) in [7, 11) is -3.18. The van der Waals surface area contributed by atoms with Crippen LogP contribution in [-0.4, -0.2) is 30.7 Å². The minimum atomic E-state index is -3.18. The number of sulfone groups is 1. The molecule has 0 spiro atoms. The molecular weight excluding hydrogens is 312 g/mol. The molecule has 3 rings (SSSR count). The number of para-hydroxylation sites is 1. The lowest BCUT2D eigenvalue weighted by atomic mass is 10.2.